The molecule has 0 saturated carbocycles. The van der Waals surface area contributed by atoms with Gasteiger partial charge in [0, 0.05) is 12.1 Å². The van der Waals surface area contributed by atoms with Gasteiger partial charge in [0.1, 0.15) is 6.61 Å². The van der Waals surface area contributed by atoms with Gasteiger partial charge in [0.2, 0.25) is 5.78 Å². The molecule has 122 valence electrons. The molecule has 0 unspecified atom stereocenters. The van der Waals surface area contributed by atoms with Crippen LogP contribution in [0.4, 0.5) is 4.79 Å². The van der Waals surface area contributed by atoms with Crippen molar-refractivity contribution >= 4 is 11.9 Å². The van der Waals surface area contributed by atoms with Crippen LogP contribution in [0, 0.1) is 0 Å². The molecule has 0 aliphatic carbocycles. The van der Waals surface area contributed by atoms with Gasteiger partial charge in [-0.1, -0.05) is 66.7 Å². The van der Waals surface area contributed by atoms with Crippen LogP contribution in [0.3, 0.4) is 0 Å². The second kappa shape index (κ2) is 7.59. The van der Waals surface area contributed by atoms with Crippen LogP contribution in [0.15, 0.2) is 72.4 Å². The highest BCUT2D eigenvalue weighted by Crippen LogP contribution is 2.21. The zero-order chi connectivity index (χ0) is 16.8. The fraction of sp³-hybridized carbons (Fsp3) is 0.200. The molecule has 0 aromatic heterocycles. The molecule has 1 heterocycles. The zero-order valence-corrected chi connectivity index (χ0v) is 13.4. The molecule has 24 heavy (non-hydrogen) atoms. The maximum atomic E-state index is 12.7. The van der Waals surface area contributed by atoms with Crippen LogP contribution in [-0.2, 0) is 11.3 Å². The standard InChI is InChI=1S/C20H19NO3/c22-19(17-11-5-2-6-12-17)18-13-7-8-14-21(18)20(23)24-15-16-9-3-1-4-10-16/h1-6,9-13H,7-8,14-15H2. The molecule has 1 aliphatic heterocycles. The van der Waals surface area contributed by atoms with Crippen LogP contribution < -0.4 is 0 Å². The Labute approximate surface area is 141 Å². The number of benzene rings is 2. The maximum Gasteiger partial charge on any atom is 0.414 e. The van der Waals surface area contributed by atoms with Crippen molar-refractivity contribution in [3.8, 4) is 0 Å². The summed E-state index contributed by atoms with van der Waals surface area (Å²) in [5.41, 5.74) is 1.90. The monoisotopic (exact) mass is 321 g/mol. The van der Waals surface area contributed by atoms with E-state index in [9.17, 15) is 9.59 Å². The molecule has 0 radical (unpaired) electrons. The topological polar surface area (TPSA) is 46.6 Å². The predicted octanol–water partition coefficient (Wildman–Crippen LogP) is 4.19. The third kappa shape index (κ3) is 3.71. The third-order valence-corrected chi connectivity index (χ3v) is 3.91. The van der Waals surface area contributed by atoms with Gasteiger partial charge in [0.15, 0.2) is 0 Å². The Bertz CT molecular complexity index is 738. The van der Waals surface area contributed by atoms with Crippen molar-refractivity contribution < 1.29 is 14.3 Å². The first-order chi connectivity index (χ1) is 11.8. The minimum absolute atomic E-state index is 0.146. The minimum Gasteiger partial charge on any atom is -0.444 e. The normalized spacial score (nSPS) is 14.0. The van der Waals surface area contributed by atoms with Gasteiger partial charge in [-0.2, -0.15) is 0 Å². The molecule has 4 heteroatoms. The molecule has 0 saturated heterocycles. The Morgan fingerprint density at radius 1 is 0.958 bits per heavy atom. The predicted molar refractivity (Wildman–Crippen MR) is 91.4 cm³/mol. The molecule has 2 aromatic carbocycles. The number of ketones is 1. The lowest BCUT2D eigenvalue weighted by molar-refractivity contribution is 0.0885. The lowest BCUT2D eigenvalue weighted by atomic mass is 10.0. The van der Waals surface area contributed by atoms with E-state index in [1.54, 1.807) is 12.1 Å². The summed E-state index contributed by atoms with van der Waals surface area (Å²) in [6, 6.07) is 18.5. The number of hydrogen-bond acceptors (Lipinski definition) is 3. The summed E-state index contributed by atoms with van der Waals surface area (Å²) in [4.78, 5) is 26.5. The molecule has 0 fully saturated rings. The molecular weight excluding hydrogens is 302 g/mol. The lowest BCUT2D eigenvalue weighted by Gasteiger charge is -2.27. The van der Waals surface area contributed by atoms with Crippen LogP contribution in [-0.4, -0.2) is 23.3 Å². The van der Waals surface area contributed by atoms with E-state index >= 15 is 0 Å². The molecule has 1 aliphatic rings. The molecule has 3 rings (SSSR count). The van der Waals surface area contributed by atoms with E-state index < -0.39 is 6.09 Å². The number of amides is 1. The van der Waals surface area contributed by atoms with E-state index in [0.29, 0.717) is 17.8 Å². The van der Waals surface area contributed by atoms with Crippen molar-refractivity contribution in [1.82, 2.24) is 4.90 Å². The van der Waals surface area contributed by atoms with Crippen molar-refractivity contribution in [3.63, 3.8) is 0 Å². The molecular formula is C20H19NO3. The molecule has 1 amide bonds. The summed E-state index contributed by atoms with van der Waals surface area (Å²) in [5, 5.41) is 0. The average molecular weight is 321 g/mol. The van der Waals surface area contributed by atoms with Gasteiger partial charge in [0.25, 0.3) is 0 Å². The maximum absolute atomic E-state index is 12.7. The minimum atomic E-state index is -0.478. The Kier molecular flexibility index (Phi) is 5.06. The number of ether oxygens (including phenoxy) is 1. The van der Waals surface area contributed by atoms with Crippen LogP contribution in [0.2, 0.25) is 0 Å². The number of nitrogens with zero attached hydrogens (tertiary/aromatic N) is 1. The van der Waals surface area contributed by atoms with Gasteiger partial charge in [-0.15, -0.1) is 0 Å². The lowest BCUT2D eigenvalue weighted by Crippen LogP contribution is -2.36. The van der Waals surface area contributed by atoms with Gasteiger partial charge in [-0.25, -0.2) is 4.79 Å². The van der Waals surface area contributed by atoms with Gasteiger partial charge in [-0.3, -0.25) is 9.69 Å². The molecule has 4 nitrogen and oxygen atoms in total. The van der Waals surface area contributed by atoms with Crippen molar-refractivity contribution in [1.29, 1.82) is 0 Å². The molecule has 0 N–H and O–H groups in total. The molecule has 0 atom stereocenters. The Balaban J connectivity index is 1.71. The fourth-order valence-electron chi connectivity index (χ4n) is 2.66. The van der Waals surface area contributed by atoms with Crippen molar-refractivity contribution in [2.45, 2.75) is 19.4 Å². The number of hydrogen-bond donors (Lipinski definition) is 0. The van der Waals surface area contributed by atoms with E-state index in [4.69, 9.17) is 4.74 Å². The number of allylic oxidation sites excluding steroid dienone is 2. The highest BCUT2D eigenvalue weighted by molar-refractivity contribution is 6.09. The summed E-state index contributed by atoms with van der Waals surface area (Å²) in [6.07, 6.45) is 2.96. The summed E-state index contributed by atoms with van der Waals surface area (Å²) in [7, 11) is 0. The van der Waals surface area contributed by atoms with Crippen LogP contribution in [0.25, 0.3) is 0 Å². The van der Waals surface area contributed by atoms with E-state index in [-0.39, 0.29) is 12.4 Å². The first-order valence-electron chi connectivity index (χ1n) is 8.04. The van der Waals surface area contributed by atoms with Crippen molar-refractivity contribution in [2.75, 3.05) is 6.54 Å². The van der Waals surface area contributed by atoms with Crippen LogP contribution in [0.5, 0.6) is 0 Å². The quantitative estimate of drug-likeness (QED) is 0.793. The van der Waals surface area contributed by atoms with Gasteiger partial charge in [0.05, 0.1) is 5.70 Å². The smallest absolute Gasteiger partial charge is 0.414 e. The number of Topliss-reactive ketones (excluding diaryl/α,β-unsaturated/α-hetero) is 1. The molecule has 2 aromatic rings. The second-order valence-corrected chi connectivity index (χ2v) is 5.62. The third-order valence-electron chi connectivity index (χ3n) is 3.91. The van der Waals surface area contributed by atoms with E-state index in [1.165, 1.54) is 4.90 Å². The first kappa shape index (κ1) is 16.0. The Hall–Kier alpha value is -2.88. The van der Waals surface area contributed by atoms with Gasteiger partial charge >= 0.3 is 6.09 Å². The molecule has 0 bridgehead atoms. The van der Waals surface area contributed by atoms with Gasteiger partial charge in [-0.05, 0) is 18.4 Å². The SMILES string of the molecule is O=C(C1=CCCCN1C(=O)OCc1ccccc1)c1ccccc1. The Morgan fingerprint density at radius 3 is 2.33 bits per heavy atom. The van der Waals surface area contributed by atoms with Crippen LogP contribution in [0.1, 0.15) is 28.8 Å². The second-order valence-electron chi connectivity index (χ2n) is 5.62. The van der Waals surface area contributed by atoms with E-state index in [1.807, 2.05) is 54.6 Å². The number of rotatable bonds is 4. The number of carbonyl (C=O) groups is 2. The van der Waals surface area contributed by atoms with Crippen LogP contribution >= 0.6 is 0 Å². The summed E-state index contributed by atoms with van der Waals surface area (Å²) >= 11 is 0. The fourth-order valence-corrected chi connectivity index (χ4v) is 2.66. The number of carbonyl (C=O) groups excluding carboxylic acids is 2. The van der Waals surface area contributed by atoms with Crippen molar-refractivity contribution in [2.24, 2.45) is 0 Å². The summed E-state index contributed by atoms with van der Waals surface area (Å²) in [6.45, 7) is 0.695. The van der Waals surface area contributed by atoms with Gasteiger partial charge < -0.3 is 4.74 Å². The molecule has 0 spiro atoms. The Morgan fingerprint density at radius 2 is 1.62 bits per heavy atom. The summed E-state index contributed by atoms with van der Waals surface area (Å²) < 4.78 is 5.38. The zero-order valence-electron chi connectivity index (χ0n) is 13.4. The highest BCUT2D eigenvalue weighted by Gasteiger charge is 2.27. The van der Waals surface area contributed by atoms with E-state index in [2.05, 4.69) is 0 Å². The summed E-state index contributed by atoms with van der Waals surface area (Å²) in [5.74, 6) is -0.146. The highest BCUT2D eigenvalue weighted by atomic mass is 16.6. The first-order valence-corrected chi connectivity index (χ1v) is 8.04. The van der Waals surface area contributed by atoms with Crippen molar-refractivity contribution in [3.05, 3.63) is 83.6 Å². The van der Waals surface area contributed by atoms with E-state index in [0.717, 1.165) is 18.4 Å². The largest absolute Gasteiger partial charge is 0.444 e. The average Bonchev–Trinajstić information content (AvgIpc) is 2.67.